The largest absolute Gasteiger partial charge is 0.302 e. The molecule has 4 aliphatic rings. The SMILES string of the molecule is CC12CCCC=C1CCC1C2CCC2(C)C(n3cnc4ccccc43)=CCC12. The van der Waals surface area contributed by atoms with Crippen molar-refractivity contribution < 1.29 is 0 Å². The Balaban J connectivity index is 1.37. The summed E-state index contributed by atoms with van der Waals surface area (Å²) in [6.45, 7) is 5.18. The fraction of sp³-hybridized carbons (Fsp3) is 0.577. The van der Waals surface area contributed by atoms with Crippen molar-refractivity contribution in [2.24, 2.45) is 28.6 Å². The molecule has 1 aromatic carbocycles. The molecule has 28 heavy (non-hydrogen) atoms. The number of benzene rings is 1. The van der Waals surface area contributed by atoms with E-state index in [1.165, 1.54) is 62.6 Å². The van der Waals surface area contributed by atoms with E-state index in [0.717, 1.165) is 23.3 Å². The smallest absolute Gasteiger partial charge is 0.100 e. The van der Waals surface area contributed by atoms with Crippen LogP contribution in [0.1, 0.15) is 65.2 Å². The van der Waals surface area contributed by atoms with Gasteiger partial charge in [-0.15, -0.1) is 0 Å². The normalized spacial score (nSPS) is 39.7. The fourth-order valence-corrected chi connectivity index (χ4v) is 7.82. The lowest BCUT2D eigenvalue weighted by Gasteiger charge is -2.58. The van der Waals surface area contributed by atoms with E-state index in [1.54, 1.807) is 0 Å². The van der Waals surface area contributed by atoms with Gasteiger partial charge in [-0.1, -0.05) is 43.7 Å². The minimum absolute atomic E-state index is 0.302. The molecule has 146 valence electrons. The van der Waals surface area contributed by atoms with Gasteiger partial charge >= 0.3 is 0 Å². The summed E-state index contributed by atoms with van der Waals surface area (Å²) in [4.78, 5) is 4.69. The molecule has 0 amide bonds. The molecule has 0 saturated heterocycles. The molecule has 1 aromatic heterocycles. The Morgan fingerprint density at radius 3 is 2.82 bits per heavy atom. The van der Waals surface area contributed by atoms with Gasteiger partial charge in [-0.3, -0.25) is 0 Å². The molecule has 2 saturated carbocycles. The van der Waals surface area contributed by atoms with Crippen molar-refractivity contribution >= 4 is 16.7 Å². The Labute approximate surface area is 168 Å². The molecule has 4 aliphatic carbocycles. The predicted octanol–water partition coefficient (Wildman–Crippen LogP) is 6.84. The van der Waals surface area contributed by atoms with Crippen LogP contribution in [-0.4, -0.2) is 9.55 Å². The fourth-order valence-electron chi connectivity index (χ4n) is 7.82. The van der Waals surface area contributed by atoms with Crippen molar-refractivity contribution in [2.45, 2.75) is 65.2 Å². The van der Waals surface area contributed by atoms with Gasteiger partial charge in [0.05, 0.1) is 11.0 Å². The Morgan fingerprint density at radius 1 is 1.00 bits per heavy atom. The molecule has 1 heterocycles. The summed E-state index contributed by atoms with van der Waals surface area (Å²) < 4.78 is 2.41. The average Bonchev–Trinajstić information content (AvgIpc) is 3.28. The van der Waals surface area contributed by atoms with E-state index >= 15 is 0 Å². The summed E-state index contributed by atoms with van der Waals surface area (Å²) in [7, 11) is 0. The van der Waals surface area contributed by atoms with Gasteiger partial charge in [-0.25, -0.2) is 4.98 Å². The molecule has 5 unspecified atom stereocenters. The molecule has 2 nitrogen and oxygen atoms in total. The maximum Gasteiger partial charge on any atom is 0.100 e. The van der Waals surface area contributed by atoms with E-state index in [0.29, 0.717) is 10.8 Å². The number of hydrogen-bond donors (Lipinski definition) is 0. The number of para-hydroxylation sites is 2. The van der Waals surface area contributed by atoms with Gasteiger partial charge < -0.3 is 4.57 Å². The monoisotopic (exact) mass is 372 g/mol. The van der Waals surface area contributed by atoms with E-state index < -0.39 is 0 Å². The zero-order chi connectivity index (χ0) is 18.9. The number of imidazole rings is 1. The third kappa shape index (κ3) is 2.12. The zero-order valence-electron chi connectivity index (χ0n) is 17.3. The van der Waals surface area contributed by atoms with Crippen molar-refractivity contribution in [2.75, 3.05) is 0 Å². The summed E-state index contributed by atoms with van der Waals surface area (Å²) in [5, 5.41) is 0. The van der Waals surface area contributed by atoms with Gasteiger partial charge in [0.15, 0.2) is 0 Å². The van der Waals surface area contributed by atoms with Crippen molar-refractivity contribution in [1.82, 2.24) is 9.55 Å². The van der Waals surface area contributed by atoms with Crippen LogP contribution in [0.2, 0.25) is 0 Å². The third-order valence-electron chi connectivity index (χ3n) is 9.28. The Hall–Kier alpha value is -1.83. The van der Waals surface area contributed by atoms with Crippen molar-refractivity contribution in [1.29, 1.82) is 0 Å². The van der Waals surface area contributed by atoms with Crippen LogP contribution in [0.5, 0.6) is 0 Å². The van der Waals surface area contributed by atoms with Crippen molar-refractivity contribution in [3.63, 3.8) is 0 Å². The number of allylic oxidation sites excluding steroid dienone is 4. The number of fused-ring (bicyclic) bond motifs is 6. The van der Waals surface area contributed by atoms with Crippen LogP contribution < -0.4 is 0 Å². The lowest BCUT2D eigenvalue weighted by atomic mass is 9.47. The molecule has 0 radical (unpaired) electrons. The molecule has 5 atom stereocenters. The van der Waals surface area contributed by atoms with E-state index in [-0.39, 0.29) is 0 Å². The number of nitrogens with zero attached hydrogens (tertiary/aromatic N) is 2. The maximum absolute atomic E-state index is 4.69. The number of rotatable bonds is 1. The van der Waals surface area contributed by atoms with E-state index in [1.807, 2.05) is 5.57 Å². The van der Waals surface area contributed by atoms with Crippen LogP contribution in [0.3, 0.4) is 0 Å². The van der Waals surface area contributed by atoms with Crippen LogP contribution in [0.4, 0.5) is 0 Å². The summed E-state index contributed by atoms with van der Waals surface area (Å²) in [6.07, 6.45) is 18.2. The van der Waals surface area contributed by atoms with Gasteiger partial charge in [0.2, 0.25) is 0 Å². The van der Waals surface area contributed by atoms with Crippen LogP contribution >= 0.6 is 0 Å². The van der Waals surface area contributed by atoms with Crippen LogP contribution in [0.15, 0.2) is 48.3 Å². The second-order valence-electron chi connectivity index (χ2n) is 10.3. The first-order chi connectivity index (χ1) is 13.6. The van der Waals surface area contributed by atoms with Crippen LogP contribution in [0, 0.1) is 28.6 Å². The van der Waals surface area contributed by atoms with Gasteiger partial charge in [0.25, 0.3) is 0 Å². The second kappa shape index (κ2) is 5.84. The molecule has 2 fully saturated rings. The van der Waals surface area contributed by atoms with Gasteiger partial charge in [0, 0.05) is 11.1 Å². The van der Waals surface area contributed by atoms with Crippen molar-refractivity contribution in [3.8, 4) is 0 Å². The number of aromatic nitrogens is 2. The lowest BCUT2D eigenvalue weighted by Crippen LogP contribution is -2.49. The summed E-state index contributed by atoms with van der Waals surface area (Å²) in [5.74, 6) is 2.60. The number of hydrogen-bond acceptors (Lipinski definition) is 1. The standard InChI is InChI=1S/C26H32N2/c1-25-15-6-5-7-18(25)10-11-19-20-12-13-24(26(20,2)16-14-21(19)25)28-17-27-22-8-3-4-9-23(22)28/h3-4,7-9,13,17,19-21H,5-6,10-12,14-16H2,1-2H3. The molecule has 0 bridgehead atoms. The third-order valence-corrected chi connectivity index (χ3v) is 9.28. The van der Waals surface area contributed by atoms with E-state index in [2.05, 4.69) is 61.2 Å². The Morgan fingerprint density at radius 2 is 1.89 bits per heavy atom. The topological polar surface area (TPSA) is 17.8 Å². The Bertz CT molecular complexity index is 995. The lowest BCUT2D eigenvalue weighted by molar-refractivity contribution is -0.0232. The minimum atomic E-state index is 0.302. The maximum atomic E-state index is 4.69. The highest BCUT2D eigenvalue weighted by Gasteiger charge is 2.57. The molecular formula is C26H32N2. The van der Waals surface area contributed by atoms with Gasteiger partial charge in [-0.2, -0.15) is 0 Å². The molecule has 2 aromatic rings. The first kappa shape index (κ1) is 17.1. The van der Waals surface area contributed by atoms with Gasteiger partial charge in [-0.05, 0) is 86.7 Å². The predicted molar refractivity (Wildman–Crippen MR) is 116 cm³/mol. The summed E-state index contributed by atoms with van der Waals surface area (Å²) >= 11 is 0. The first-order valence-corrected chi connectivity index (χ1v) is 11.4. The zero-order valence-corrected chi connectivity index (χ0v) is 17.3. The minimum Gasteiger partial charge on any atom is -0.302 e. The molecule has 0 spiro atoms. The Kier molecular flexibility index (Phi) is 3.56. The van der Waals surface area contributed by atoms with Crippen LogP contribution in [-0.2, 0) is 0 Å². The highest BCUT2D eigenvalue weighted by atomic mass is 15.1. The quantitative estimate of drug-likeness (QED) is 0.501. The highest BCUT2D eigenvalue weighted by molar-refractivity contribution is 5.80. The first-order valence-electron chi connectivity index (χ1n) is 11.4. The van der Waals surface area contributed by atoms with Crippen LogP contribution in [0.25, 0.3) is 16.7 Å². The average molecular weight is 373 g/mol. The van der Waals surface area contributed by atoms with E-state index in [9.17, 15) is 0 Å². The molecule has 0 N–H and O–H groups in total. The van der Waals surface area contributed by atoms with Crippen molar-refractivity contribution in [3.05, 3.63) is 48.3 Å². The molecular weight excluding hydrogens is 340 g/mol. The van der Waals surface area contributed by atoms with Gasteiger partial charge in [0.1, 0.15) is 6.33 Å². The molecule has 0 aliphatic heterocycles. The molecule has 6 rings (SSSR count). The second-order valence-corrected chi connectivity index (χ2v) is 10.3. The summed E-state index contributed by atoms with van der Waals surface area (Å²) in [6, 6.07) is 8.60. The van der Waals surface area contributed by atoms with E-state index in [4.69, 9.17) is 4.98 Å². The summed E-state index contributed by atoms with van der Waals surface area (Å²) in [5.41, 5.74) is 6.52. The molecule has 2 heteroatoms. The highest BCUT2D eigenvalue weighted by Crippen LogP contribution is 2.66.